The fourth-order valence-electron chi connectivity index (χ4n) is 2.66. The minimum absolute atomic E-state index is 0.00522. The van der Waals surface area contributed by atoms with Gasteiger partial charge in [0.2, 0.25) is 5.91 Å². The summed E-state index contributed by atoms with van der Waals surface area (Å²) in [6.07, 6.45) is 5.24. The second-order valence-corrected chi connectivity index (χ2v) is 6.54. The molecule has 3 amide bonds. The van der Waals surface area contributed by atoms with Crippen molar-refractivity contribution < 1.29 is 9.59 Å². The Kier molecular flexibility index (Phi) is 6.01. The zero-order chi connectivity index (χ0) is 16.8. The van der Waals surface area contributed by atoms with E-state index in [1.165, 1.54) is 0 Å². The minimum Gasteiger partial charge on any atom is -0.349 e. The molecule has 0 aromatic carbocycles. The molecule has 2 N–H and O–H groups in total. The molecule has 23 heavy (non-hydrogen) atoms. The maximum absolute atomic E-state index is 12.3. The summed E-state index contributed by atoms with van der Waals surface area (Å²) >= 11 is 0. The number of hydrogen-bond donors (Lipinski definition) is 2. The van der Waals surface area contributed by atoms with Gasteiger partial charge in [-0.15, -0.1) is 0 Å². The van der Waals surface area contributed by atoms with E-state index in [0.29, 0.717) is 32.1 Å². The maximum atomic E-state index is 12.3. The number of aryl methyl sites for hydroxylation is 1. The predicted molar refractivity (Wildman–Crippen MR) is 87.6 cm³/mol. The van der Waals surface area contributed by atoms with Gasteiger partial charge >= 0.3 is 6.03 Å². The molecule has 7 heteroatoms. The van der Waals surface area contributed by atoms with Crippen LogP contribution in [0.3, 0.4) is 0 Å². The summed E-state index contributed by atoms with van der Waals surface area (Å²) in [7, 11) is 1.90. The number of carbonyl (C=O) groups excluding carboxylic acids is 2. The van der Waals surface area contributed by atoms with E-state index in [4.69, 9.17) is 0 Å². The first-order chi connectivity index (χ1) is 11.0. The van der Waals surface area contributed by atoms with Crippen molar-refractivity contribution in [2.45, 2.75) is 33.2 Å². The summed E-state index contributed by atoms with van der Waals surface area (Å²) < 4.78 is 1.88. The normalized spacial score (nSPS) is 18.1. The molecule has 1 aromatic rings. The van der Waals surface area contributed by atoms with E-state index in [1.54, 1.807) is 11.1 Å². The Morgan fingerprint density at radius 3 is 2.83 bits per heavy atom. The van der Waals surface area contributed by atoms with E-state index in [0.717, 1.165) is 18.7 Å². The van der Waals surface area contributed by atoms with Gasteiger partial charge in [-0.05, 0) is 18.8 Å². The fourth-order valence-corrected chi connectivity index (χ4v) is 2.66. The number of urea groups is 1. The van der Waals surface area contributed by atoms with E-state index in [1.807, 2.05) is 17.8 Å². The SMILES string of the molecule is CC(C)CNC(=O)N1CCC[C@@H](C(=O)NCc2nccn2C)C1. The summed E-state index contributed by atoms with van der Waals surface area (Å²) in [6, 6.07) is -0.0692. The Morgan fingerprint density at radius 1 is 1.39 bits per heavy atom. The third kappa shape index (κ3) is 4.97. The van der Waals surface area contributed by atoms with Gasteiger partial charge < -0.3 is 20.1 Å². The van der Waals surface area contributed by atoms with E-state index in [-0.39, 0.29) is 17.9 Å². The molecule has 1 fully saturated rings. The van der Waals surface area contributed by atoms with E-state index < -0.39 is 0 Å². The lowest BCUT2D eigenvalue weighted by Gasteiger charge is -2.32. The number of piperidine rings is 1. The van der Waals surface area contributed by atoms with Crippen molar-refractivity contribution in [3.8, 4) is 0 Å². The van der Waals surface area contributed by atoms with Gasteiger partial charge in [0.15, 0.2) is 0 Å². The van der Waals surface area contributed by atoms with Crippen LogP contribution < -0.4 is 10.6 Å². The molecule has 7 nitrogen and oxygen atoms in total. The molecule has 1 aliphatic rings. The molecule has 1 atom stereocenters. The molecule has 0 aliphatic carbocycles. The Bertz CT molecular complexity index is 540. The third-order valence-corrected chi connectivity index (χ3v) is 4.08. The van der Waals surface area contributed by atoms with Gasteiger partial charge in [-0.3, -0.25) is 4.79 Å². The molecule has 0 radical (unpaired) electrons. The third-order valence-electron chi connectivity index (χ3n) is 4.08. The van der Waals surface area contributed by atoms with E-state index in [2.05, 4.69) is 29.5 Å². The Labute approximate surface area is 137 Å². The monoisotopic (exact) mass is 321 g/mol. The van der Waals surface area contributed by atoms with E-state index >= 15 is 0 Å². The number of aromatic nitrogens is 2. The molecule has 1 saturated heterocycles. The smallest absolute Gasteiger partial charge is 0.317 e. The zero-order valence-electron chi connectivity index (χ0n) is 14.2. The fraction of sp³-hybridized carbons (Fsp3) is 0.688. The summed E-state index contributed by atoms with van der Waals surface area (Å²) in [5, 5.41) is 5.84. The quantitative estimate of drug-likeness (QED) is 0.853. The first kappa shape index (κ1) is 17.3. The van der Waals surface area contributed by atoms with Gasteiger partial charge in [0.1, 0.15) is 5.82 Å². The van der Waals surface area contributed by atoms with Crippen molar-refractivity contribution in [1.82, 2.24) is 25.1 Å². The van der Waals surface area contributed by atoms with Crippen LogP contribution in [0.25, 0.3) is 0 Å². The van der Waals surface area contributed by atoms with Crippen molar-refractivity contribution in [2.75, 3.05) is 19.6 Å². The highest BCUT2D eigenvalue weighted by Gasteiger charge is 2.28. The highest BCUT2D eigenvalue weighted by atomic mass is 16.2. The summed E-state index contributed by atoms with van der Waals surface area (Å²) in [4.78, 5) is 30.4. The second kappa shape index (κ2) is 7.99. The largest absolute Gasteiger partial charge is 0.349 e. The first-order valence-corrected chi connectivity index (χ1v) is 8.24. The lowest BCUT2D eigenvalue weighted by Crippen LogP contribution is -2.49. The van der Waals surface area contributed by atoms with Crippen molar-refractivity contribution in [3.05, 3.63) is 18.2 Å². The average Bonchev–Trinajstić information content (AvgIpc) is 2.95. The molecule has 1 aromatic heterocycles. The maximum Gasteiger partial charge on any atom is 0.317 e. The number of amides is 3. The van der Waals surface area contributed by atoms with Crippen molar-refractivity contribution in [3.63, 3.8) is 0 Å². The molecule has 128 valence electrons. The lowest BCUT2D eigenvalue weighted by atomic mass is 9.97. The topological polar surface area (TPSA) is 79.3 Å². The molecule has 0 unspecified atom stereocenters. The number of rotatable bonds is 5. The van der Waals surface area contributed by atoms with Crippen molar-refractivity contribution in [1.29, 1.82) is 0 Å². The molecule has 2 heterocycles. The zero-order valence-corrected chi connectivity index (χ0v) is 14.2. The van der Waals surface area contributed by atoms with Crippen LogP contribution >= 0.6 is 0 Å². The lowest BCUT2D eigenvalue weighted by molar-refractivity contribution is -0.126. The molecule has 2 rings (SSSR count). The molecule has 1 aliphatic heterocycles. The Morgan fingerprint density at radius 2 is 2.17 bits per heavy atom. The van der Waals surface area contributed by atoms with Crippen LogP contribution in [-0.2, 0) is 18.4 Å². The number of likely N-dealkylation sites (tertiary alicyclic amines) is 1. The molecule has 0 spiro atoms. The van der Waals surface area contributed by atoms with Crippen LogP contribution in [0.15, 0.2) is 12.4 Å². The van der Waals surface area contributed by atoms with Gasteiger partial charge in [0.05, 0.1) is 12.5 Å². The second-order valence-electron chi connectivity index (χ2n) is 6.54. The highest BCUT2D eigenvalue weighted by Crippen LogP contribution is 2.17. The van der Waals surface area contributed by atoms with Gasteiger partial charge in [-0.2, -0.15) is 0 Å². The molecular formula is C16H27N5O2. The Balaban J connectivity index is 1.81. The minimum atomic E-state index is -0.145. The Hall–Kier alpha value is -2.05. The van der Waals surface area contributed by atoms with Crippen LogP contribution in [0.4, 0.5) is 4.79 Å². The van der Waals surface area contributed by atoms with Crippen molar-refractivity contribution in [2.24, 2.45) is 18.9 Å². The number of imidazole rings is 1. The van der Waals surface area contributed by atoms with Gasteiger partial charge in [-0.1, -0.05) is 13.8 Å². The number of nitrogens with zero attached hydrogens (tertiary/aromatic N) is 3. The van der Waals surface area contributed by atoms with E-state index in [9.17, 15) is 9.59 Å². The first-order valence-electron chi connectivity index (χ1n) is 8.24. The molecular weight excluding hydrogens is 294 g/mol. The van der Waals surface area contributed by atoms with Crippen LogP contribution in [0, 0.1) is 11.8 Å². The summed E-state index contributed by atoms with van der Waals surface area (Å²) in [6.45, 7) is 6.39. The van der Waals surface area contributed by atoms with Gasteiger partial charge in [0.25, 0.3) is 0 Å². The standard InChI is InChI=1S/C16H27N5O2/c1-12(2)9-19-16(23)21-7-4-5-13(11-21)15(22)18-10-14-17-6-8-20(14)3/h6,8,12-13H,4-5,7,9-11H2,1-3H3,(H,18,22)(H,19,23)/t13-/m1/s1. The number of nitrogens with one attached hydrogen (secondary N) is 2. The van der Waals surface area contributed by atoms with Crippen LogP contribution in [0.2, 0.25) is 0 Å². The number of hydrogen-bond acceptors (Lipinski definition) is 3. The highest BCUT2D eigenvalue weighted by molar-refractivity contribution is 5.80. The van der Waals surface area contributed by atoms with Crippen molar-refractivity contribution >= 4 is 11.9 Å². The van der Waals surface area contributed by atoms with Crippen LogP contribution in [0.1, 0.15) is 32.5 Å². The molecule has 0 bridgehead atoms. The number of carbonyl (C=O) groups is 2. The molecule has 0 saturated carbocycles. The predicted octanol–water partition coefficient (Wildman–Crippen LogP) is 1.11. The van der Waals surface area contributed by atoms with Crippen LogP contribution in [0.5, 0.6) is 0 Å². The summed E-state index contributed by atoms with van der Waals surface area (Å²) in [5.41, 5.74) is 0. The van der Waals surface area contributed by atoms with Gasteiger partial charge in [0, 0.05) is 39.1 Å². The average molecular weight is 321 g/mol. The van der Waals surface area contributed by atoms with Crippen LogP contribution in [-0.4, -0.2) is 46.0 Å². The van der Waals surface area contributed by atoms with Gasteiger partial charge in [-0.25, -0.2) is 9.78 Å². The summed E-state index contributed by atoms with van der Waals surface area (Å²) in [5.74, 6) is 1.09.